The molecule has 3 nitrogen and oxygen atoms in total. The minimum absolute atomic E-state index is 0.404. The highest BCUT2D eigenvalue weighted by Crippen LogP contribution is 2.32. The molecule has 0 amide bonds. The summed E-state index contributed by atoms with van der Waals surface area (Å²) in [5, 5.41) is 14.2. The van der Waals surface area contributed by atoms with Gasteiger partial charge in [0.1, 0.15) is 6.10 Å². The Morgan fingerprint density at radius 3 is 2.45 bits per heavy atom. The van der Waals surface area contributed by atoms with Gasteiger partial charge >= 0.3 is 6.18 Å². The van der Waals surface area contributed by atoms with Crippen LogP contribution in [0.3, 0.4) is 0 Å². The van der Waals surface area contributed by atoms with Crippen molar-refractivity contribution in [2.24, 2.45) is 0 Å². The van der Waals surface area contributed by atoms with Crippen LogP contribution < -0.4 is 0 Å². The third kappa shape index (κ3) is 3.16. The number of nitrogens with zero attached hydrogens (tertiary/aromatic N) is 2. The first kappa shape index (κ1) is 14.9. The van der Waals surface area contributed by atoms with Crippen LogP contribution >= 0.6 is 11.5 Å². The summed E-state index contributed by atoms with van der Waals surface area (Å²) in [4.78, 5) is 0.589. The molecule has 7 heteroatoms. The highest BCUT2D eigenvalue weighted by Gasteiger charge is 2.30. The van der Waals surface area contributed by atoms with Crippen LogP contribution in [0.1, 0.15) is 41.1 Å². The Hall–Kier alpha value is -1.47. The maximum absolute atomic E-state index is 12.5. The van der Waals surface area contributed by atoms with Gasteiger partial charge in [0.15, 0.2) is 0 Å². The van der Waals surface area contributed by atoms with E-state index in [1.807, 2.05) is 6.92 Å². The number of aryl methyl sites for hydroxylation is 1. The quantitative estimate of drug-likeness (QED) is 0.938. The molecule has 1 N–H and O–H groups in total. The first-order chi connectivity index (χ1) is 9.43. The number of alkyl halides is 3. The van der Waals surface area contributed by atoms with Crippen LogP contribution in [-0.4, -0.2) is 14.7 Å². The van der Waals surface area contributed by atoms with Crippen molar-refractivity contribution in [1.82, 2.24) is 9.59 Å². The Labute approximate surface area is 118 Å². The topological polar surface area (TPSA) is 46.0 Å². The van der Waals surface area contributed by atoms with Crippen LogP contribution in [0.4, 0.5) is 13.2 Å². The van der Waals surface area contributed by atoms with Gasteiger partial charge in [-0.05, 0) is 35.6 Å². The van der Waals surface area contributed by atoms with Crippen LogP contribution in [0.25, 0.3) is 0 Å². The maximum atomic E-state index is 12.5. The number of aliphatic hydroxyl groups is 1. The van der Waals surface area contributed by atoms with Gasteiger partial charge in [-0.15, -0.1) is 5.10 Å². The number of benzene rings is 1. The van der Waals surface area contributed by atoms with E-state index in [0.717, 1.165) is 30.1 Å². The first-order valence-electron chi connectivity index (χ1n) is 6.09. The lowest BCUT2D eigenvalue weighted by atomic mass is 10.0. The van der Waals surface area contributed by atoms with E-state index in [2.05, 4.69) is 9.59 Å². The molecule has 1 atom stereocenters. The zero-order chi connectivity index (χ0) is 14.8. The molecule has 2 aromatic rings. The fourth-order valence-corrected chi connectivity index (χ4v) is 2.55. The van der Waals surface area contributed by atoms with E-state index in [4.69, 9.17) is 0 Å². The summed E-state index contributed by atoms with van der Waals surface area (Å²) in [6.45, 7) is 1.98. The van der Waals surface area contributed by atoms with Crippen LogP contribution in [0, 0.1) is 0 Å². The standard InChI is InChI=1S/C13H13F3N2OS/c1-2-3-10-12(20-18-17-10)11(19)8-4-6-9(7-5-8)13(14,15)16/h4-7,11,19H,2-3H2,1H3. The minimum atomic E-state index is -4.37. The van der Waals surface area contributed by atoms with Crippen molar-refractivity contribution in [2.75, 3.05) is 0 Å². The zero-order valence-corrected chi connectivity index (χ0v) is 11.5. The molecule has 0 spiro atoms. The fourth-order valence-electron chi connectivity index (χ4n) is 1.84. The molecule has 0 bridgehead atoms. The maximum Gasteiger partial charge on any atom is 0.416 e. The van der Waals surface area contributed by atoms with Crippen LogP contribution in [0.5, 0.6) is 0 Å². The van der Waals surface area contributed by atoms with E-state index in [-0.39, 0.29) is 0 Å². The number of rotatable bonds is 4. The molecule has 1 aromatic heterocycles. The molecule has 1 aromatic carbocycles. The van der Waals surface area contributed by atoms with Gasteiger partial charge < -0.3 is 5.11 Å². The fraction of sp³-hybridized carbons (Fsp3) is 0.385. The van der Waals surface area contributed by atoms with Gasteiger partial charge in [0.25, 0.3) is 0 Å². The van der Waals surface area contributed by atoms with Gasteiger partial charge in [0, 0.05) is 0 Å². The van der Waals surface area contributed by atoms with Crippen LogP contribution in [0.2, 0.25) is 0 Å². The third-order valence-corrected chi connectivity index (χ3v) is 3.69. The van der Waals surface area contributed by atoms with Crippen molar-refractivity contribution >= 4 is 11.5 Å². The molecular weight excluding hydrogens is 289 g/mol. The summed E-state index contributed by atoms with van der Waals surface area (Å²) in [6.07, 6.45) is -3.82. The Kier molecular flexibility index (Phi) is 4.39. The van der Waals surface area contributed by atoms with E-state index in [0.29, 0.717) is 22.6 Å². The van der Waals surface area contributed by atoms with Gasteiger partial charge in [-0.25, -0.2) is 0 Å². The van der Waals surface area contributed by atoms with Crippen LogP contribution in [-0.2, 0) is 12.6 Å². The van der Waals surface area contributed by atoms with Crippen molar-refractivity contribution < 1.29 is 18.3 Å². The number of halogens is 3. The molecule has 0 saturated carbocycles. The van der Waals surface area contributed by atoms with Gasteiger partial charge in [-0.1, -0.05) is 30.0 Å². The van der Waals surface area contributed by atoms with Crippen LogP contribution in [0.15, 0.2) is 24.3 Å². The summed E-state index contributed by atoms with van der Waals surface area (Å²) in [6, 6.07) is 4.49. The Morgan fingerprint density at radius 1 is 1.25 bits per heavy atom. The molecular formula is C13H13F3N2OS. The second kappa shape index (κ2) is 5.88. The average Bonchev–Trinajstić information content (AvgIpc) is 2.86. The summed E-state index contributed by atoms with van der Waals surface area (Å²) >= 11 is 1.07. The molecule has 0 aliphatic carbocycles. The Morgan fingerprint density at radius 2 is 1.90 bits per heavy atom. The highest BCUT2D eigenvalue weighted by atomic mass is 32.1. The van der Waals surface area contributed by atoms with Crippen molar-refractivity contribution in [3.63, 3.8) is 0 Å². The second-order valence-corrected chi connectivity index (χ2v) is 5.14. The molecule has 0 fully saturated rings. The monoisotopic (exact) mass is 302 g/mol. The molecule has 0 radical (unpaired) electrons. The van der Waals surface area contributed by atoms with E-state index >= 15 is 0 Å². The SMILES string of the molecule is CCCc1nnsc1C(O)c1ccc(C(F)(F)F)cc1. The van der Waals surface area contributed by atoms with Gasteiger partial charge in [-0.2, -0.15) is 13.2 Å². The number of aliphatic hydroxyl groups excluding tert-OH is 1. The lowest BCUT2D eigenvalue weighted by Gasteiger charge is -2.12. The predicted octanol–water partition coefficient (Wildman–Crippen LogP) is 3.59. The van der Waals surface area contributed by atoms with E-state index in [9.17, 15) is 18.3 Å². The minimum Gasteiger partial charge on any atom is -0.383 e. The van der Waals surface area contributed by atoms with E-state index in [1.165, 1.54) is 12.1 Å². The molecule has 108 valence electrons. The largest absolute Gasteiger partial charge is 0.416 e. The lowest BCUT2D eigenvalue weighted by molar-refractivity contribution is -0.137. The van der Waals surface area contributed by atoms with Gasteiger partial charge in [-0.3, -0.25) is 0 Å². The molecule has 0 aliphatic rings. The van der Waals surface area contributed by atoms with Crippen molar-refractivity contribution in [3.05, 3.63) is 46.0 Å². The summed E-state index contributed by atoms with van der Waals surface area (Å²) in [7, 11) is 0. The molecule has 1 heterocycles. The summed E-state index contributed by atoms with van der Waals surface area (Å²) < 4.78 is 41.2. The van der Waals surface area contributed by atoms with Crippen molar-refractivity contribution in [2.45, 2.75) is 32.0 Å². The number of hydrogen-bond donors (Lipinski definition) is 1. The smallest absolute Gasteiger partial charge is 0.383 e. The number of hydrogen-bond acceptors (Lipinski definition) is 4. The molecule has 0 saturated heterocycles. The zero-order valence-electron chi connectivity index (χ0n) is 10.7. The van der Waals surface area contributed by atoms with Crippen molar-refractivity contribution in [3.8, 4) is 0 Å². The van der Waals surface area contributed by atoms with E-state index < -0.39 is 17.8 Å². The summed E-state index contributed by atoms with van der Waals surface area (Å²) in [5.74, 6) is 0. The highest BCUT2D eigenvalue weighted by molar-refractivity contribution is 7.05. The Balaban J connectivity index is 2.25. The van der Waals surface area contributed by atoms with E-state index in [1.54, 1.807) is 0 Å². The average molecular weight is 302 g/mol. The first-order valence-corrected chi connectivity index (χ1v) is 6.87. The van der Waals surface area contributed by atoms with Crippen molar-refractivity contribution in [1.29, 1.82) is 0 Å². The molecule has 20 heavy (non-hydrogen) atoms. The lowest BCUT2D eigenvalue weighted by Crippen LogP contribution is -2.06. The third-order valence-electron chi connectivity index (χ3n) is 2.87. The number of aromatic nitrogens is 2. The normalized spacial score (nSPS) is 13.4. The summed E-state index contributed by atoms with van der Waals surface area (Å²) in [5.41, 5.74) is 0.371. The Bertz CT molecular complexity index is 566. The predicted molar refractivity (Wildman–Crippen MR) is 69.4 cm³/mol. The van der Waals surface area contributed by atoms with Gasteiger partial charge in [0.05, 0.1) is 16.1 Å². The van der Waals surface area contributed by atoms with Gasteiger partial charge in [0.2, 0.25) is 0 Å². The second-order valence-electron chi connectivity index (χ2n) is 4.36. The molecule has 1 unspecified atom stereocenters. The molecule has 2 rings (SSSR count). The molecule has 0 aliphatic heterocycles.